The summed E-state index contributed by atoms with van der Waals surface area (Å²) in [6.45, 7) is 8.28. The molecule has 1 aromatic heterocycles. The van der Waals surface area contributed by atoms with E-state index in [0.717, 1.165) is 23.3 Å². The van der Waals surface area contributed by atoms with Gasteiger partial charge in [0.1, 0.15) is 12.1 Å². The maximum absolute atomic E-state index is 11.1. The number of ether oxygens (including phenoxy) is 1. The first-order valence-corrected chi connectivity index (χ1v) is 8.71. The van der Waals surface area contributed by atoms with Crippen LogP contribution in [0.15, 0.2) is 28.7 Å². The van der Waals surface area contributed by atoms with Crippen LogP contribution in [0.3, 0.4) is 0 Å². The van der Waals surface area contributed by atoms with Crippen LogP contribution in [0.1, 0.15) is 34.1 Å². The molecular weight excluding hydrogens is 312 g/mol. The highest BCUT2D eigenvalue weighted by atomic mass is 32.2. The summed E-state index contributed by atoms with van der Waals surface area (Å²) in [7, 11) is 0. The first-order valence-electron chi connectivity index (χ1n) is 7.73. The Hall–Kier alpha value is -1.69. The predicted octanol–water partition coefficient (Wildman–Crippen LogP) is 4.09. The third-order valence-corrected chi connectivity index (χ3v) is 4.42. The van der Waals surface area contributed by atoms with Crippen molar-refractivity contribution >= 4 is 34.8 Å². The van der Waals surface area contributed by atoms with E-state index in [1.54, 1.807) is 0 Å². The Morgan fingerprint density at radius 1 is 1.39 bits per heavy atom. The minimum Gasteiger partial charge on any atom is -0.464 e. The second kappa shape index (κ2) is 7.73. The van der Waals surface area contributed by atoms with E-state index < -0.39 is 0 Å². The molecule has 2 aromatic rings. The van der Waals surface area contributed by atoms with Crippen molar-refractivity contribution < 1.29 is 13.9 Å². The molecule has 2 rings (SSSR count). The first-order chi connectivity index (χ1) is 10.8. The number of hydrogen-bond donors (Lipinski definition) is 1. The summed E-state index contributed by atoms with van der Waals surface area (Å²) in [5.74, 6) is 0.681. The molecule has 0 spiro atoms. The van der Waals surface area contributed by atoms with Crippen LogP contribution in [0.4, 0.5) is 6.01 Å². The average molecular weight is 336 g/mol. The highest BCUT2D eigenvalue weighted by Gasteiger charge is 2.17. The van der Waals surface area contributed by atoms with Gasteiger partial charge in [0.05, 0.1) is 6.04 Å². The van der Waals surface area contributed by atoms with E-state index in [2.05, 4.69) is 31.1 Å². The summed E-state index contributed by atoms with van der Waals surface area (Å²) in [6, 6.07) is 8.05. The normalized spacial score (nSPS) is 13.0. The summed E-state index contributed by atoms with van der Waals surface area (Å²) in [6.07, 6.45) is 0.855. The van der Waals surface area contributed by atoms with Crippen LogP contribution in [0, 0.1) is 0 Å². The van der Waals surface area contributed by atoms with Gasteiger partial charge in [0.2, 0.25) is 0 Å². The number of esters is 1. The number of carbonyl (C=O) groups is 1. The van der Waals surface area contributed by atoms with E-state index in [1.807, 2.05) is 36.0 Å². The standard InChI is InChI=1S/C17H24N2O3S/c1-12(20)21-11-13(9-10-23-17(2,3)4)18-16-19-14-7-5-6-8-15(14)22-16/h5-8,13H,9-11H2,1-4H3,(H,18,19). The molecule has 5 nitrogen and oxygen atoms in total. The van der Waals surface area contributed by atoms with Gasteiger partial charge in [-0.3, -0.25) is 4.79 Å². The van der Waals surface area contributed by atoms with Crippen molar-refractivity contribution in [2.45, 2.75) is 44.9 Å². The molecule has 1 aromatic carbocycles. The molecular formula is C17H24N2O3S. The minimum absolute atomic E-state index is 0.0261. The van der Waals surface area contributed by atoms with E-state index in [1.165, 1.54) is 6.92 Å². The molecule has 126 valence electrons. The molecule has 0 radical (unpaired) electrons. The van der Waals surface area contributed by atoms with Gasteiger partial charge < -0.3 is 14.5 Å². The maximum Gasteiger partial charge on any atom is 0.302 e. The van der Waals surface area contributed by atoms with Crippen LogP contribution in [0.2, 0.25) is 0 Å². The lowest BCUT2D eigenvalue weighted by molar-refractivity contribution is -0.141. The third kappa shape index (κ3) is 6.14. The Kier molecular flexibility index (Phi) is 5.93. The van der Waals surface area contributed by atoms with E-state index in [-0.39, 0.29) is 16.8 Å². The molecule has 0 bridgehead atoms. The lowest BCUT2D eigenvalue weighted by Gasteiger charge is -2.21. The van der Waals surface area contributed by atoms with Crippen LogP contribution in [0.25, 0.3) is 11.1 Å². The van der Waals surface area contributed by atoms with Gasteiger partial charge in [-0.25, -0.2) is 0 Å². The van der Waals surface area contributed by atoms with Crippen molar-refractivity contribution in [2.24, 2.45) is 0 Å². The average Bonchev–Trinajstić information content (AvgIpc) is 2.85. The zero-order valence-corrected chi connectivity index (χ0v) is 14.9. The second-order valence-corrected chi connectivity index (χ2v) is 8.30. The van der Waals surface area contributed by atoms with Crippen molar-refractivity contribution in [2.75, 3.05) is 17.7 Å². The zero-order chi connectivity index (χ0) is 16.9. The number of fused-ring (bicyclic) bond motifs is 1. The van der Waals surface area contributed by atoms with Gasteiger partial charge in [-0.15, -0.1) is 0 Å². The van der Waals surface area contributed by atoms with Crippen LogP contribution >= 0.6 is 11.8 Å². The van der Waals surface area contributed by atoms with E-state index in [4.69, 9.17) is 9.15 Å². The lowest BCUT2D eigenvalue weighted by Crippen LogP contribution is -2.28. The third-order valence-electron chi connectivity index (χ3n) is 3.11. The fourth-order valence-corrected chi connectivity index (χ4v) is 3.05. The quantitative estimate of drug-likeness (QED) is 0.768. The van der Waals surface area contributed by atoms with E-state index in [0.29, 0.717) is 12.6 Å². The molecule has 1 heterocycles. The van der Waals surface area contributed by atoms with Crippen molar-refractivity contribution in [3.05, 3.63) is 24.3 Å². The van der Waals surface area contributed by atoms with Crippen molar-refractivity contribution in [1.82, 2.24) is 4.98 Å². The second-order valence-electron chi connectivity index (χ2n) is 6.38. The molecule has 1 N–H and O–H groups in total. The SMILES string of the molecule is CC(=O)OCC(CCSC(C)(C)C)Nc1nc2ccccc2o1. The first kappa shape index (κ1) is 17.7. The molecule has 6 heteroatoms. The van der Waals surface area contributed by atoms with Crippen LogP contribution in [-0.2, 0) is 9.53 Å². The summed E-state index contributed by atoms with van der Waals surface area (Å²) >= 11 is 1.88. The van der Waals surface area contributed by atoms with Gasteiger partial charge in [0.25, 0.3) is 6.01 Å². The maximum atomic E-state index is 11.1. The molecule has 0 aliphatic heterocycles. The van der Waals surface area contributed by atoms with E-state index in [9.17, 15) is 4.79 Å². The number of thioether (sulfide) groups is 1. The molecule has 0 saturated heterocycles. The number of nitrogens with zero attached hydrogens (tertiary/aromatic N) is 1. The molecule has 0 amide bonds. The number of para-hydroxylation sites is 2. The fraction of sp³-hybridized carbons (Fsp3) is 0.529. The van der Waals surface area contributed by atoms with Crippen LogP contribution in [0.5, 0.6) is 0 Å². The van der Waals surface area contributed by atoms with Gasteiger partial charge in [-0.1, -0.05) is 32.9 Å². The van der Waals surface area contributed by atoms with Crippen molar-refractivity contribution in [3.8, 4) is 0 Å². The topological polar surface area (TPSA) is 64.4 Å². The predicted molar refractivity (Wildman–Crippen MR) is 94.9 cm³/mol. The van der Waals surface area contributed by atoms with E-state index >= 15 is 0 Å². The minimum atomic E-state index is -0.280. The smallest absolute Gasteiger partial charge is 0.302 e. The molecule has 23 heavy (non-hydrogen) atoms. The monoisotopic (exact) mass is 336 g/mol. The molecule has 0 aliphatic carbocycles. The Balaban J connectivity index is 1.98. The number of nitrogens with one attached hydrogen (secondary N) is 1. The van der Waals surface area contributed by atoms with Crippen LogP contribution < -0.4 is 5.32 Å². The Morgan fingerprint density at radius 3 is 2.78 bits per heavy atom. The Labute approximate surface area is 141 Å². The molecule has 0 fully saturated rings. The number of rotatable bonds is 7. The largest absolute Gasteiger partial charge is 0.464 e. The highest BCUT2D eigenvalue weighted by Crippen LogP contribution is 2.25. The molecule has 0 saturated carbocycles. The highest BCUT2D eigenvalue weighted by molar-refractivity contribution is 8.00. The van der Waals surface area contributed by atoms with Crippen molar-refractivity contribution in [1.29, 1.82) is 0 Å². The number of benzene rings is 1. The Bertz CT molecular complexity index is 616. The number of oxazole rings is 1. The zero-order valence-electron chi connectivity index (χ0n) is 14.1. The van der Waals surface area contributed by atoms with Gasteiger partial charge >= 0.3 is 5.97 Å². The van der Waals surface area contributed by atoms with Gasteiger partial charge in [0.15, 0.2) is 5.58 Å². The van der Waals surface area contributed by atoms with Crippen LogP contribution in [-0.4, -0.2) is 34.1 Å². The van der Waals surface area contributed by atoms with Gasteiger partial charge in [-0.05, 0) is 24.3 Å². The number of anilines is 1. The molecule has 1 atom stereocenters. The van der Waals surface area contributed by atoms with Crippen molar-refractivity contribution in [3.63, 3.8) is 0 Å². The number of carbonyl (C=O) groups excluding carboxylic acids is 1. The summed E-state index contributed by atoms with van der Waals surface area (Å²) in [5, 5.41) is 3.24. The summed E-state index contributed by atoms with van der Waals surface area (Å²) in [5.41, 5.74) is 1.55. The summed E-state index contributed by atoms with van der Waals surface area (Å²) < 4.78 is 11.0. The fourth-order valence-electron chi connectivity index (χ4n) is 2.03. The number of hydrogen-bond acceptors (Lipinski definition) is 6. The number of aromatic nitrogens is 1. The van der Waals surface area contributed by atoms with Gasteiger partial charge in [0, 0.05) is 11.7 Å². The molecule has 0 aliphatic rings. The van der Waals surface area contributed by atoms with Gasteiger partial charge in [-0.2, -0.15) is 16.7 Å². The molecule has 1 unspecified atom stereocenters. The summed E-state index contributed by atoms with van der Waals surface area (Å²) in [4.78, 5) is 15.5. The lowest BCUT2D eigenvalue weighted by atomic mass is 10.2. The Morgan fingerprint density at radius 2 is 2.13 bits per heavy atom.